The second-order valence-electron chi connectivity index (χ2n) is 5.53. The van der Waals surface area contributed by atoms with E-state index in [1.807, 2.05) is 24.3 Å². The maximum Gasteiger partial charge on any atom is 0.414 e. The topological polar surface area (TPSA) is 67.6 Å². The van der Waals surface area contributed by atoms with E-state index < -0.39 is 12.3 Å². The van der Waals surface area contributed by atoms with Crippen LogP contribution < -0.4 is 16.0 Å². The SMILES string of the molecule is NC[C@H]1CN(c2ccccc2C2CCNCC2F)C(=O)O1. The first kappa shape index (κ1) is 14.3. The summed E-state index contributed by atoms with van der Waals surface area (Å²) in [7, 11) is 0. The van der Waals surface area contributed by atoms with Crippen LogP contribution in [0.5, 0.6) is 0 Å². The molecule has 1 aromatic carbocycles. The highest BCUT2D eigenvalue weighted by molar-refractivity contribution is 5.90. The van der Waals surface area contributed by atoms with Gasteiger partial charge in [0.05, 0.1) is 12.2 Å². The predicted molar refractivity (Wildman–Crippen MR) is 78.2 cm³/mol. The number of hydrogen-bond acceptors (Lipinski definition) is 4. The number of piperidine rings is 1. The van der Waals surface area contributed by atoms with Crippen LogP contribution in [-0.4, -0.2) is 44.5 Å². The van der Waals surface area contributed by atoms with Gasteiger partial charge in [-0.2, -0.15) is 0 Å². The molecule has 3 rings (SSSR count). The third kappa shape index (κ3) is 2.73. The van der Waals surface area contributed by atoms with Gasteiger partial charge in [0.1, 0.15) is 12.3 Å². The van der Waals surface area contributed by atoms with E-state index in [4.69, 9.17) is 10.5 Å². The van der Waals surface area contributed by atoms with Gasteiger partial charge in [-0.25, -0.2) is 9.18 Å². The molecule has 0 spiro atoms. The Morgan fingerprint density at radius 2 is 2.24 bits per heavy atom. The third-order valence-corrected chi connectivity index (χ3v) is 4.17. The summed E-state index contributed by atoms with van der Waals surface area (Å²) in [6, 6.07) is 7.50. The molecule has 2 aliphatic heterocycles. The standard InChI is InChI=1S/C15H20FN3O2/c16-13-8-18-6-5-11(13)12-3-1-2-4-14(12)19-9-10(7-17)21-15(19)20/h1-4,10-11,13,18H,5-9,17H2/t10-,11?,13?/m0/s1. The average Bonchev–Trinajstić information content (AvgIpc) is 2.89. The highest BCUT2D eigenvalue weighted by atomic mass is 19.1. The van der Waals surface area contributed by atoms with E-state index in [0.29, 0.717) is 19.6 Å². The minimum Gasteiger partial charge on any atom is -0.443 e. The molecule has 1 amide bonds. The lowest BCUT2D eigenvalue weighted by Crippen LogP contribution is -2.37. The van der Waals surface area contributed by atoms with Gasteiger partial charge >= 0.3 is 6.09 Å². The van der Waals surface area contributed by atoms with Crippen molar-refractivity contribution in [3.63, 3.8) is 0 Å². The number of amides is 1. The van der Waals surface area contributed by atoms with E-state index in [-0.39, 0.29) is 12.0 Å². The first-order valence-electron chi connectivity index (χ1n) is 7.32. The molecule has 0 aliphatic carbocycles. The molecule has 114 valence electrons. The zero-order chi connectivity index (χ0) is 14.8. The number of ether oxygens (including phenoxy) is 1. The minimum atomic E-state index is -0.941. The van der Waals surface area contributed by atoms with Gasteiger partial charge in [0, 0.05) is 19.0 Å². The zero-order valence-corrected chi connectivity index (χ0v) is 11.8. The molecule has 2 unspecified atom stereocenters. The van der Waals surface area contributed by atoms with Crippen LogP contribution in [0.2, 0.25) is 0 Å². The normalized spacial score (nSPS) is 29.5. The molecule has 2 heterocycles. The molecular weight excluding hydrogens is 273 g/mol. The van der Waals surface area contributed by atoms with Crippen molar-refractivity contribution in [3.8, 4) is 0 Å². The van der Waals surface area contributed by atoms with Gasteiger partial charge in [0.15, 0.2) is 0 Å². The van der Waals surface area contributed by atoms with Gasteiger partial charge in [0.25, 0.3) is 0 Å². The van der Waals surface area contributed by atoms with Crippen molar-refractivity contribution in [2.45, 2.75) is 24.6 Å². The molecule has 0 radical (unpaired) electrons. The number of rotatable bonds is 3. The number of hydrogen-bond donors (Lipinski definition) is 2. The van der Waals surface area contributed by atoms with E-state index in [1.54, 1.807) is 4.90 Å². The molecule has 3 N–H and O–H groups in total. The molecule has 2 saturated heterocycles. The number of halogens is 1. The summed E-state index contributed by atoms with van der Waals surface area (Å²) in [6.45, 7) is 1.86. The Morgan fingerprint density at radius 1 is 1.43 bits per heavy atom. The van der Waals surface area contributed by atoms with E-state index in [0.717, 1.165) is 24.2 Å². The zero-order valence-electron chi connectivity index (χ0n) is 11.8. The van der Waals surface area contributed by atoms with Crippen molar-refractivity contribution < 1.29 is 13.9 Å². The molecular formula is C15H20FN3O2. The first-order valence-corrected chi connectivity index (χ1v) is 7.32. The maximum absolute atomic E-state index is 14.2. The summed E-state index contributed by atoms with van der Waals surface area (Å²) in [5.74, 6) is -0.188. The van der Waals surface area contributed by atoms with Crippen LogP contribution in [0, 0.1) is 0 Å². The van der Waals surface area contributed by atoms with Crippen molar-refractivity contribution in [2.75, 3.05) is 31.1 Å². The van der Waals surface area contributed by atoms with Crippen molar-refractivity contribution in [3.05, 3.63) is 29.8 Å². The van der Waals surface area contributed by atoms with Crippen LogP contribution in [0.1, 0.15) is 17.9 Å². The molecule has 3 atom stereocenters. The molecule has 1 aromatic rings. The van der Waals surface area contributed by atoms with E-state index in [9.17, 15) is 9.18 Å². The molecule has 6 heteroatoms. The van der Waals surface area contributed by atoms with E-state index in [1.165, 1.54) is 0 Å². The lowest BCUT2D eigenvalue weighted by Gasteiger charge is -2.30. The molecule has 0 saturated carbocycles. The summed E-state index contributed by atoms with van der Waals surface area (Å²) in [5.41, 5.74) is 7.19. The Hall–Kier alpha value is -1.66. The molecule has 0 aromatic heterocycles. The van der Waals surface area contributed by atoms with Crippen LogP contribution in [-0.2, 0) is 4.74 Å². The number of alkyl halides is 1. The van der Waals surface area contributed by atoms with Crippen LogP contribution >= 0.6 is 0 Å². The number of nitrogens with one attached hydrogen (secondary N) is 1. The fraction of sp³-hybridized carbons (Fsp3) is 0.533. The van der Waals surface area contributed by atoms with Crippen molar-refractivity contribution >= 4 is 11.8 Å². The lowest BCUT2D eigenvalue weighted by molar-refractivity contribution is 0.145. The van der Waals surface area contributed by atoms with Crippen LogP contribution in [0.4, 0.5) is 14.9 Å². The van der Waals surface area contributed by atoms with E-state index >= 15 is 0 Å². The smallest absolute Gasteiger partial charge is 0.414 e. The number of nitrogens with zero attached hydrogens (tertiary/aromatic N) is 1. The summed E-state index contributed by atoms with van der Waals surface area (Å²) in [5, 5.41) is 3.05. The molecule has 5 nitrogen and oxygen atoms in total. The number of benzene rings is 1. The Morgan fingerprint density at radius 3 is 2.95 bits per heavy atom. The fourth-order valence-electron chi connectivity index (χ4n) is 3.06. The lowest BCUT2D eigenvalue weighted by atomic mass is 9.87. The van der Waals surface area contributed by atoms with Gasteiger partial charge in [0.2, 0.25) is 0 Å². The van der Waals surface area contributed by atoms with Crippen molar-refractivity contribution in [1.29, 1.82) is 0 Å². The second kappa shape index (κ2) is 5.99. The summed E-state index contributed by atoms with van der Waals surface area (Å²) in [6.07, 6.45) is -0.910. The monoisotopic (exact) mass is 293 g/mol. The summed E-state index contributed by atoms with van der Waals surface area (Å²) < 4.78 is 19.4. The Labute approximate surface area is 123 Å². The number of para-hydroxylation sites is 1. The van der Waals surface area contributed by atoms with Crippen LogP contribution in [0.3, 0.4) is 0 Å². The van der Waals surface area contributed by atoms with Crippen molar-refractivity contribution in [1.82, 2.24) is 5.32 Å². The Kier molecular flexibility index (Phi) is 4.07. The van der Waals surface area contributed by atoms with E-state index in [2.05, 4.69) is 5.32 Å². The van der Waals surface area contributed by atoms with Gasteiger partial charge in [-0.05, 0) is 24.6 Å². The largest absolute Gasteiger partial charge is 0.443 e. The van der Waals surface area contributed by atoms with Crippen LogP contribution in [0.15, 0.2) is 24.3 Å². The van der Waals surface area contributed by atoms with Crippen LogP contribution in [0.25, 0.3) is 0 Å². The van der Waals surface area contributed by atoms with Gasteiger partial charge in [-0.1, -0.05) is 18.2 Å². The molecule has 21 heavy (non-hydrogen) atoms. The Balaban J connectivity index is 1.91. The third-order valence-electron chi connectivity index (χ3n) is 4.17. The minimum absolute atomic E-state index is 0.188. The number of carbonyl (C=O) groups is 1. The van der Waals surface area contributed by atoms with Gasteiger partial charge in [-0.3, -0.25) is 4.90 Å². The quantitative estimate of drug-likeness (QED) is 0.883. The first-order chi connectivity index (χ1) is 10.2. The molecule has 2 aliphatic rings. The molecule has 2 fully saturated rings. The predicted octanol–water partition coefficient (Wildman–Crippen LogP) is 1.39. The number of nitrogens with two attached hydrogens (primary N) is 1. The average molecular weight is 293 g/mol. The number of carbonyl (C=O) groups excluding carboxylic acids is 1. The second-order valence-corrected chi connectivity index (χ2v) is 5.53. The molecule has 0 bridgehead atoms. The maximum atomic E-state index is 14.2. The number of anilines is 1. The summed E-state index contributed by atoms with van der Waals surface area (Å²) in [4.78, 5) is 13.6. The van der Waals surface area contributed by atoms with Gasteiger partial charge < -0.3 is 15.8 Å². The highest BCUT2D eigenvalue weighted by Gasteiger charge is 2.35. The highest BCUT2D eigenvalue weighted by Crippen LogP contribution is 2.36. The summed E-state index contributed by atoms with van der Waals surface area (Å²) >= 11 is 0. The fourth-order valence-corrected chi connectivity index (χ4v) is 3.06. The Bertz CT molecular complexity index is 525. The van der Waals surface area contributed by atoms with Crippen molar-refractivity contribution in [2.24, 2.45) is 5.73 Å². The number of cyclic esters (lactones) is 1. The van der Waals surface area contributed by atoms with Gasteiger partial charge in [-0.15, -0.1) is 0 Å².